The van der Waals surface area contributed by atoms with Crippen LogP contribution in [-0.2, 0) is 0 Å². The predicted octanol–water partition coefficient (Wildman–Crippen LogP) is 2.85. The molecule has 0 aliphatic carbocycles. The molecule has 0 amide bonds. The molecule has 0 radical (unpaired) electrons. The fourth-order valence-electron chi connectivity index (χ4n) is 1.41. The molecule has 2 rings (SSSR count). The van der Waals surface area contributed by atoms with Gasteiger partial charge in [-0.1, -0.05) is 0 Å². The second kappa shape index (κ2) is 3.61. The molecule has 1 N–H and O–H groups in total. The maximum atomic E-state index is 11.2. The molecule has 0 aliphatic heterocycles. The van der Waals surface area contributed by atoms with Gasteiger partial charge in [0, 0.05) is 5.56 Å². The van der Waals surface area contributed by atoms with Crippen LogP contribution in [0.3, 0.4) is 0 Å². The molecule has 1 aromatic heterocycles. The van der Waals surface area contributed by atoms with Gasteiger partial charge in [0.1, 0.15) is 11.5 Å². The van der Waals surface area contributed by atoms with Gasteiger partial charge in [-0.3, -0.25) is 4.79 Å². The van der Waals surface area contributed by atoms with Crippen LogP contribution in [0.15, 0.2) is 41.0 Å². The monoisotopic (exact) mass is 202 g/mol. The zero-order valence-electron chi connectivity index (χ0n) is 8.23. The highest BCUT2D eigenvalue weighted by Crippen LogP contribution is 2.26. The number of phenols is 1. The number of aromatic hydroxyl groups is 1. The van der Waals surface area contributed by atoms with Gasteiger partial charge in [0.15, 0.2) is 5.78 Å². The van der Waals surface area contributed by atoms with E-state index in [1.807, 2.05) is 0 Å². The average molecular weight is 202 g/mol. The Labute approximate surface area is 87.0 Å². The zero-order valence-corrected chi connectivity index (χ0v) is 8.23. The maximum Gasteiger partial charge on any atom is 0.163 e. The summed E-state index contributed by atoms with van der Waals surface area (Å²) in [5, 5.41) is 9.45. The van der Waals surface area contributed by atoms with Crippen molar-refractivity contribution in [2.24, 2.45) is 0 Å². The standard InChI is InChI=1S/C12H10O3/c1-8(13)10-7-9(4-5-11(10)14)12-3-2-6-15-12/h2-7,14H,1H3. The number of furan rings is 1. The normalized spacial score (nSPS) is 10.2. The lowest BCUT2D eigenvalue weighted by Crippen LogP contribution is -1.92. The molecule has 1 heterocycles. The van der Waals surface area contributed by atoms with Crippen molar-refractivity contribution < 1.29 is 14.3 Å². The highest BCUT2D eigenvalue weighted by Gasteiger charge is 2.09. The third kappa shape index (κ3) is 1.76. The van der Waals surface area contributed by atoms with Crippen molar-refractivity contribution in [3.05, 3.63) is 42.2 Å². The number of phenolic OH excluding ortho intramolecular Hbond substituents is 1. The van der Waals surface area contributed by atoms with Crippen LogP contribution in [0.1, 0.15) is 17.3 Å². The summed E-state index contributed by atoms with van der Waals surface area (Å²) in [5.74, 6) is 0.510. The van der Waals surface area contributed by atoms with Crippen molar-refractivity contribution in [2.45, 2.75) is 6.92 Å². The number of hydrogen-bond acceptors (Lipinski definition) is 3. The smallest absolute Gasteiger partial charge is 0.163 e. The van der Waals surface area contributed by atoms with E-state index in [1.54, 1.807) is 30.5 Å². The summed E-state index contributed by atoms with van der Waals surface area (Å²) in [7, 11) is 0. The summed E-state index contributed by atoms with van der Waals surface area (Å²) < 4.78 is 5.20. The molecule has 0 unspecified atom stereocenters. The van der Waals surface area contributed by atoms with Gasteiger partial charge in [-0.05, 0) is 37.3 Å². The largest absolute Gasteiger partial charge is 0.507 e. The third-order valence-electron chi connectivity index (χ3n) is 2.18. The van der Waals surface area contributed by atoms with Gasteiger partial charge in [0.2, 0.25) is 0 Å². The number of hydrogen-bond donors (Lipinski definition) is 1. The van der Waals surface area contributed by atoms with Crippen LogP contribution < -0.4 is 0 Å². The van der Waals surface area contributed by atoms with E-state index in [0.717, 1.165) is 5.56 Å². The van der Waals surface area contributed by atoms with Crippen LogP contribution in [0.25, 0.3) is 11.3 Å². The fraction of sp³-hybridized carbons (Fsp3) is 0.0833. The van der Waals surface area contributed by atoms with E-state index in [0.29, 0.717) is 11.3 Å². The first-order chi connectivity index (χ1) is 7.18. The van der Waals surface area contributed by atoms with Crippen molar-refractivity contribution in [3.8, 4) is 17.1 Å². The number of carbonyl (C=O) groups is 1. The first kappa shape index (κ1) is 9.52. The highest BCUT2D eigenvalue weighted by molar-refractivity contribution is 5.97. The van der Waals surface area contributed by atoms with E-state index < -0.39 is 0 Å². The molecule has 76 valence electrons. The molecule has 0 fully saturated rings. The summed E-state index contributed by atoms with van der Waals surface area (Å²) >= 11 is 0. The van der Waals surface area contributed by atoms with E-state index in [-0.39, 0.29) is 11.5 Å². The minimum atomic E-state index is -0.166. The van der Waals surface area contributed by atoms with Crippen molar-refractivity contribution in [1.82, 2.24) is 0 Å². The van der Waals surface area contributed by atoms with Crippen LogP contribution in [0.5, 0.6) is 5.75 Å². The van der Waals surface area contributed by atoms with E-state index >= 15 is 0 Å². The second-order valence-corrected chi connectivity index (χ2v) is 3.27. The molecule has 0 bridgehead atoms. The lowest BCUT2D eigenvalue weighted by Gasteiger charge is -2.02. The quantitative estimate of drug-likeness (QED) is 0.762. The summed E-state index contributed by atoms with van der Waals surface area (Å²) in [4.78, 5) is 11.2. The Kier molecular flexibility index (Phi) is 2.29. The van der Waals surface area contributed by atoms with E-state index in [4.69, 9.17) is 4.42 Å². The topological polar surface area (TPSA) is 50.4 Å². The Balaban J connectivity index is 2.52. The van der Waals surface area contributed by atoms with Gasteiger partial charge < -0.3 is 9.52 Å². The minimum Gasteiger partial charge on any atom is -0.507 e. The van der Waals surface area contributed by atoms with Crippen molar-refractivity contribution in [3.63, 3.8) is 0 Å². The van der Waals surface area contributed by atoms with E-state index in [9.17, 15) is 9.90 Å². The van der Waals surface area contributed by atoms with Gasteiger partial charge in [-0.25, -0.2) is 0 Å². The molecule has 0 atom stereocenters. The van der Waals surface area contributed by atoms with E-state index in [1.165, 1.54) is 13.0 Å². The van der Waals surface area contributed by atoms with Gasteiger partial charge in [-0.15, -0.1) is 0 Å². The molecular weight excluding hydrogens is 192 g/mol. The molecule has 0 saturated carbocycles. The highest BCUT2D eigenvalue weighted by atomic mass is 16.3. The average Bonchev–Trinajstić information content (AvgIpc) is 2.71. The number of benzene rings is 1. The Hall–Kier alpha value is -2.03. The van der Waals surface area contributed by atoms with Crippen LogP contribution >= 0.6 is 0 Å². The van der Waals surface area contributed by atoms with Crippen molar-refractivity contribution >= 4 is 5.78 Å². The molecule has 3 heteroatoms. The molecule has 0 saturated heterocycles. The summed E-state index contributed by atoms with van der Waals surface area (Å²) in [6.45, 7) is 1.42. The molecule has 2 aromatic rings. The number of ketones is 1. The Bertz CT molecular complexity index is 484. The van der Waals surface area contributed by atoms with Crippen LogP contribution in [0, 0.1) is 0 Å². The maximum absolute atomic E-state index is 11.2. The van der Waals surface area contributed by atoms with Gasteiger partial charge in [0.05, 0.1) is 11.8 Å². The second-order valence-electron chi connectivity index (χ2n) is 3.27. The lowest BCUT2D eigenvalue weighted by molar-refractivity contribution is 0.101. The fourth-order valence-corrected chi connectivity index (χ4v) is 1.41. The zero-order chi connectivity index (χ0) is 10.8. The van der Waals surface area contributed by atoms with E-state index in [2.05, 4.69) is 0 Å². The Morgan fingerprint density at radius 2 is 2.13 bits per heavy atom. The number of rotatable bonds is 2. The lowest BCUT2D eigenvalue weighted by atomic mass is 10.1. The predicted molar refractivity (Wildman–Crippen MR) is 55.8 cm³/mol. The molecular formula is C12H10O3. The van der Waals surface area contributed by atoms with Crippen LogP contribution in [0.2, 0.25) is 0 Å². The molecule has 0 spiro atoms. The molecule has 15 heavy (non-hydrogen) atoms. The van der Waals surface area contributed by atoms with Gasteiger partial charge >= 0.3 is 0 Å². The minimum absolute atomic E-state index is 0.00203. The van der Waals surface area contributed by atoms with Crippen LogP contribution in [-0.4, -0.2) is 10.9 Å². The van der Waals surface area contributed by atoms with Crippen LogP contribution in [0.4, 0.5) is 0 Å². The number of carbonyl (C=O) groups excluding carboxylic acids is 1. The first-order valence-corrected chi connectivity index (χ1v) is 4.56. The SMILES string of the molecule is CC(=O)c1cc(-c2ccco2)ccc1O. The Morgan fingerprint density at radius 1 is 1.33 bits per heavy atom. The summed E-state index contributed by atoms with van der Waals surface area (Å²) in [5.41, 5.74) is 1.09. The molecule has 0 aliphatic rings. The van der Waals surface area contributed by atoms with Crippen molar-refractivity contribution in [2.75, 3.05) is 0 Å². The van der Waals surface area contributed by atoms with Gasteiger partial charge in [0.25, 0.3) is 0 Å². The van der Waals surface area contributed by atoms with Gasteiger partial charge in [-0.2, -0.15) is 0 Å². The summed E-state index contributed by atoms with van der Waals surface area (Å²) in [6, 6.07) is 8.40. The third-order valence-corrected chi connectivity index (χ3v) is 2.18. The summed E-state index contributed by atoms with van der Waals surface area (Å²) in [6.07, 6.45) is 1.57. The van der Waals surface area contributed by atoms with Crippen molar-refractivity contribution in [1.29, 1.82) is 0 Å². The molecule has 3 nitrogen and oxygen atoms in total. The molecule has 1 aromatic carbocycles. The first-order valence-electron chi connectivity index (χ1n) is 4.56. The Morgan fingerprint density at radius 3 is 2.73 bits per heavy atom. The number of Topliss-reactive ketones (excluding diaryl/α,β-unsaturated/α-hetero) is 1.